The number of aromatic carboxylic acids is 1. The van der Waals surface area contributed by atoms with Crippen LogP contribution in [-0.2, 0) is 6.54 Å². The average molecular weight is 364 g/mol. The first kappa shape index (κ1) is 16.0. The first-order chi connectivity index (χ1) is 12.6. The van der Waals surface area contributed by atoms with Gasteiger partial charge in [0.25, 0.3) is 0 Å². The summed E-state index contributed by atoms with van der Waals surface area (Å²) in [6, 6.07) is 11.1. The molecule has 0 spiro atoms. The number of rotatable bonds is 3. The van der Waals surface area contributed by atoms with Crippen LogP contribution in [0.2, 0.25) is 5.02 Å². The maximum absolute atomic E-state index is 11.5. The largest absolute Gasteiger partial charge is 0.476 e. The highest BCUT2D eigenvalue weighted by Crippen LogP contribution is 2.23. The number of carboxylic acids is 1. The Morgan fingerprint density at radius 2 is 2.12 bits per heavy atom. The van der Waals surface area contributed by atoms with Crippen molar-refractivity contribution in [2.24, 2.45) is 0 Å². The van der Waals surface area contributed by atoms with Crippen molar-refractivity contribution < 1.29 is 9.90 Å². The first-order valence-electron chi connectivity index (χ1n) is 7.60. The van der Waals surface area contributed by atoms with E-state index < -0.39 is 5.97 Å². The van der Waals surface area contributed by atoms with Gasteiger partial charge in [-0.05, 0) is 29.8 Å². The van der Waals surface area contributed by atoms with Gasteiger partial charge in [0.2, 0.25) is 0 Å². The van der Waals surface area contributed by atoms with Gasteiger partial charge in [0.05, 0.1) is 28.0 Å². The van der Waals surface area contributed by atoms with Gasteiger partial charge in [0, 0.05) is 17.8 Å². The number of nitrogens with zero attached hydrogens (tertiary/aromatic N) is 5. The predicted octanol–water partition coefficient (Wildman–Crippen LogP) is 3.25. The lowest BCUT2D eigenvalue weighted by Gasteiger charge is -2.06. The Morgan fingerprint density at radius 3 is 2.88 bits per heavy atom. The molecule has 0 aliphatic rings. The van der Waals surface area contributed by atoms with Gasteiger partial charge in [-0.25, -0.2) is 9.78 Å². The zero-order valence-corrected chi connectivity index (χ0v) is 14.0. The van der Waals surface area contributed by atoms with E-state index in [2.05, 4.69) is 15.1 Å². The lowest BCUT2D eigenvalue weighted by molar-refractivity contribution is 0.0691. The van der Waals surface area contributed by atoms with Gasteiger partial charge in [0.1, 0.15) is 6.07 Å². The summed E-state index contributed by atoms with van der Waals surface area (Å²) in [5.74, 6) is -1.20. The number of carbonyl (C=O) groups is 1. The molecule has 0 fully saturated rings. The van der Waals surface area contributed by atoms with E-state index in [1.807, 2.05) is 30.3 Å². The maximum atomic E-state index is 11.5. The van der Waals surface area contributed by atoms with Crippen molar-refractivity contribution in [3.05, 3.63) is 64.7 Å². The summed E-state index contributed by atoms with van der Waals surface area (Å²) in [6.45, 7) is 0.334. The van der Waals surface area contributed by atoms with Gasteiger partial charge in [-0.2, -0.15) is 10.4 Å². The van der Waals surface area contributed by atoms with Crippen molar-refractivity contribution in [1.82, 2.24) is 19.7 Å². The SMILES string of the molecule is N#Cc1nccc2c1c(C(=O)O)nn2Cc1ccc2ncc(Cl)cc2c1. The van der Waals surface area contributed by atoms with Crippen molar-refractivity contribution in [2.75, 3.05) is 0 Å². The summed E-state index contributed by atoms with van der Waals surface area (Å²) < 4.78 is 1.56. The fourth-order valence-electron chi connectivity index (χ4n) is 2.91. The van der Waals surface area contributed by atoms with E-state index in [4.69, 9.17) is 11.6 Å². The Labute approximate surface area is 152 Å². The minimum Gasteiger partial charge on any atom is -0.476 e. The zero-order chi connectivity index (χ0) is 18.3. The van der Waals surface area contributed by atoms with Crippen molar-refractivity contribution in [1.29, 1.82) is 5.26 Å². The third-order valence-electron chi connectivity index (χ3n) is 4.02. The van der Waals surface area contributed by atoms with E-state index in [1.165, 1.54) is 6.20 Å². The number of nitriles is 1. The molecule has 0 saturated heterocycles. The quantitative estimate of drug-likeness (QED) is 0.599. The number of aromatic nitrogens is 4. The molecule has 4 rings (SSSR count). The molecule has 0 aliphatic heterocycles. The van der Waals surface area contributed by atoms with Crippen molar-refractivity contribution in [2.45, 2.75) is 6.54 Å². The van der Waals surface area contributed by atoms with E-state index in [1.54, 1.807) is 16.9 Å². The van der Waals surface area contributed by atoms with Crippen LogP contribution in [-0.4, -0.2) is 30.8 Å². The second kappa shape index (κ2) is 6.10. The van der Waals surface area contributed by atoms with Crippen LogP contribution in [0.25, 0.3) is 21.8 Å². The number of carboxylic acid groups (broad SMARTS) is 1. The average Bonchev–Trinajstić information content (AvgIpc) is 3.00. The molecule has 0 saturated carbocycles. The van der Waals surface area contributed by atoms with Crippen molar-refractivity contribution in [3.8, 4) is 6.07 Å². The van der Waals surface area contributed by atoms with Crippen LogP contribution in [0.4, 0.5) is 0 Å². The highest BCUT2D eigenvalue weighted by molar-refractivity contribution is 6.31. The number of hydrogen-bond donors (Lipinski definition) is 1. The third-order valence-corrected chi connectivity index (χ3v) is 4.22. The van der Waals surface area contributed by atoms with E-state index in [0.717, 1.165) is 16.5 Å². The van der Waals surface area contributed by atoms with Crippen molar-refractivity contribution in [3.63, 3.8) is 0 Å². The van der Waals surface area contributed by atoms with Crippen LogP contribution in [0.15, 0.2) is 42.7 Å². The molecular weight excluding hydrogens is 354 g/mol. The third kappa shape index (κ3) is 2.62. The first-order valence-corrected chi connectivity index (χ1v) is 7.97. The number of benzene rings is 1. The number of hydrogen-bond acceptors (Lipinski definition) is 5. The van der Waals surface area contributed by atoms with Crippen LogP contribution < -0.4 is 0 Å². The topological polar surface area (TPSA) is 105 Å². The monoisotopic (exact) mass is 363 g/mol. The molecule has 126 valence electrons. The van der Waals surface area contributed by atoms with E-state index >= 15 is 0 Å². The normalized spacial score (nSPS) is 10.9. The van der Waals surface area contributed by atoms with Gasteiger partial charge in [-0.15, -0.1) is 0 Å². The smallest absolute Gasteiger partial charge is 0.357 e. The minimum absolute atomic E-state index is 0.0423. The molecule has 0 radical (unpaired) electrons. The highest BCUT2D eigenvalue weighted by atomic mass is 35.5. The fraction of sp³-hybridized carbons (Fsp3) is 0.0556. The summed E-state index contributed by atoms with van der Waals surface area (Å²) >= 11 is 6.00. The molecule has 26 heavy (non-hydrogen) atoms. The second-order valence-electron chi connectivity index (χ2n) is 5.66. The molecule has 1 N–H and O–H groups in total. The number of fused-ring (bicyclic) bond motifs is 2. The molecule has 3 aromatic heterocycles. The molecule has 4 aromatic rings. The molecule has 0 atom stereocenters. The number of halogens is 1. The Bertz CT molecular complexity index is 1230. The fourth-order valence-corrected chi connectivity index (χ4v) is 3.07. The molecule has 0 amide bonds. The van der Waals surface area contributed by atoms with Crippen LogP contribution in [0.5, 0.6) is 0 Å². The molecule has 3 heterocycles. The zero-order valence-electron chi connectivity index (χ0n) is 13.2. The molecule has 7 nitrogen and oxygen atoms in total. The van der Waals surface area contributed by atoms with Crippen LogP contribution in [0.3, 0.4) is 0 Å². The maximum Gasteiger partial charge on any atom is 0.357 e. The molecule has 0 aliphatic carbocycles. The molecule has 0 unspecified atom stereocenters. The lowest BCUT2D eigenvalue weighted by atomic mass is 10.1. The van der Waals surface area contributed by atoms with Crippen LogP contribution >= 0.6 is 11.6 Å². The summed E-state index contributed by atoms with van der Waals surface area (Å²) in [5.41, 5.74) is 2.11. The van der Waals surface area contributed by atoms with Gasteiger partial charge in [-0.1, -0.05) is 17.7 Å². The van der Waals surface area contributed by atoms with Gasteiger partial charge >= 0.3 is 5.97 Å². The Balaban J connectivity index is 1.85. The summed E-state index contributed by atoms with van der Waals surface area (Å²) in [7, 11) is 0. The van der Waals surface area contributed by atoms with Crippen LogP contribution in [0, 0.1) is 11.3 Å². The Hall–Kier alpha value is -3.50. The van der Waals surface area contributed by atoms with Gasteiger partial charge < -0.3 is 5.11 Å². The highest BCUT2D eigenvalue weighted by Gasteiger charge is 2.20. The molecular formula is C18H10ClN5O2. The van der Waals surface area contributed by atoms with Gasteiger partial charge in [0.15, 0.2) is 11.4 Å². The summed E-state index contributed by atoms with van der Waals surface area (Å²) in [4.78, 5) is 19.7. The van der Waals surface area contributed by atoms with Gasteiger partial charge in [-0.3, -0.25) is 9.67 Å². The minimum atomic E-state index is -1.20. The van der Waals surface area contributed by atoms with Crippen molar-refractivity contribution >= 4 is 39.4 Å². The van der Waals surface area contributed by atoms with E-state index in [-0.39, 0.29) is 16.8 Å². The lowest BCUT2D eigenvalue weighted by Crippen LogP contribution is -2.04. The number of pyridine rings is 2. The Morgan fingerprint density at radius 1 is 1.27 bits per heavy atom. The Kier molecular flexibility index (Phi) is 3.75. The molecule has 8 heteroatoms. The van der Waals surface area contributed by atoms with E-state index in [0.29, 0.717) is 17.1 Å². The van der Waals surface area contributed by atoms with E-state index in [9.17, 15) is 15.2 Å². The molecule has 0 bridgehead atoms. The standard InChI is InChI=1S/C18H10ClN5O2/c19-12-6-11-5-10(1-2-13(11)22-8-12)9-24-15-3-4-21-14(7-20)16(15)17(23-24)18(25)26/h1-6,8H,9H2,(H,25,26). The molecule has 1 aromatic carbocycles. The predicted molar refractivity (Wildman–Crippen MR) is 95.1 cm³/mol. The summed E-state index contributed by atoms with van der Waals surface area (Å²) in [5, 5.41) is 24.5. The van der Waals surface area contributed by atoms with Crippen LogP contribution in [0.1, 0.15) is 21.7 Å². The second-order valence-corrected chi connectivity index (χ2v) is 6.09. The summed E-state index contributed by atoms with van der Waals surface area (Å²) in [6.07, 6.45) is 3.05.